The largest absolute Gasteiger partial charge is 0.366 e. The van der Waals surface area contributed by atoms with Gasteiger partial charge in [-0.25, -0.2) is 0 Å². The molecule has 14 heavy (non-hydrogen) atoms. The second-order valence-corrected chi connectivity index (χ2v) is 3.81. The molecule has 2 rings (SSSR count). The Balaban J connectivity index is 2.45. The summed E-state index contributed by atoms with van der Waals surface area (Å²) < 4.78 is 0. The molecule has 1 amide bonds. The molecule has 0 heterocycles. The molecule has 0 spiro atoms. The maximum Gasteiger partial charge on any atom is 0.241 e. The fourth-order valence-electron chi connectivity index (χ4n) is 1.81. The summed E-state index contributed by atoms with van der Waals surface area (Å²) in [5, 5.41) is 0.740. The highest BCUT2D eigenvalue weighted by atomic mass is 35.5. The van der Waals surface area contributed by atoms with Crippen LogP contribution in [0.3, 0.4) is 0 Å². The first kappa shape index (κ1) is 9.28. The monoisotopic (exact) mass is 207 g/mol. The number of hydrogen-bond donors (Lipinski definition) is 1. The molecular formula is C11H10ClNO. The summed E-state index contributed by atoms with van der Waals surface area (Å²) >= 11 is 5.87. The van der Waals surface area contributed by atoms with Crippen LogP contribution in [0, 0.1) is 0 Å². The average molecular weight is 208 g/mol. The maximum atomic E-state index is 10.8. The van der Waals surface area contributed by atoms with E-state index in [0.29, 0.717) is 0 Å². The zero-order valence-electron chi connectivity index (χ0n) is 7.59. The Kier molecular flexibility index (Phi) is 2.30. The van der Waals surface area contributed by atoms with Gasteiger partial charge in [0.25, 0.3) is 0 Å². The van der Waals surface area contributed by atoms with Gasteiger partial charge in [0.05, 0.1) is 0 Å². The van der Waals surface area contributed by atoms with E-state index in [1.54, 1.807) is 0 Å². The lowest BCUT2D eigenvalue weighted by atomic mass is 10.1. The van der Waals surface area contributed by atoms with Gasteiger partial charge in [0, 0.05) is 11.1 Å². The molecule has 1 aliphatic carbocycles. The Labute approximate surface area is 87.4 Å². The van der Waals surface area contributed by atoms with Gasteiger partial charge in [-0.2, -0.15) is 0 Å². The molecule has 1 aromatic carbocycles. The molecule has 0 unspecified atom stereocenters. The Morgan fingerprint density at radius 3 is 2.93 bits per heavy atom. The van der Waals surface area contributed by atoms with Crippen molar-refractivity contribution >= 4 is 23.1 Å². The highest BCUT2D eigenvalue weighted by Crippen LogP contribution is 2.33. The van der Waals surface area contributed by atoms with E-state index >= 15 is 0 Å². The van der Waals surface area contributed by atoms with Crippen LogP contribution in [0.2, 0.25) is 5.02 Å². The first-order valence-electron chi connectivity index (χ1n) is 4.45. The number of carbonyl (C=O) groups is 1. The number of benzene rings is 1. The fourth-order valence-corrected chi connectivity index (χ4v) is 2.00. The fraction of sp³-hybridized carbons (Fsp3) is 0.182. The first-order valence-corrected chi connectivity index (χ1v) is 4.83. The minimum absolute atomic E-state index is 0.386. The van der Waals surface area contributed by atoms with Gasteiger partial charge in [0.2, 0.25) is 5.91 Å². The van der Waals surface area contributed by atoms with Crippen molar-refractivity contribution in [3.05, 3.63) is 40.4 Å². The highest BCUT2D eigenvalue weighted by molar-refractivity contribution is 6.30. The van der Waals surface area contributed by atoms with E-state index in [1.807, 2.05) is 18.2 Å². The molecule has 72 valence electrons. The van der Waals surface area contributed by atoms with Crippen LogP contribution in [0.25, 0.3) is 5.57 Å². The number of primary amides is 1. The van der Waals surface area contributed by atoms with Crippen LogP contribution >= 0.6 is 11.6 Å². The zero-order valence-corrected chi connectivity index (χ0v) is 8.34. The molecule has 0 radical (unpaired) electrons. The summed E-state index contributed by atoms with van der Waals surface area (Å²) in [6, 6.07) is 5.72. The molecule has 0 fully saturated rings. The van der Waals surface area contributed by atoms with E-state index in [2.05, 4.69) is 0 Å². The number of allylic oxidation sites excluding steroid dienone is 1. The summed E-state index contributed by atoms with van der Waals surface area (Å²) in [5.41, 5.74) is 8.44. The van der Waals surface area contributed by atoms with Crippen LogP contribution < -0.4 is 5.73 Å². The first-order chi connectivity index (χ1) is 6.66. The van der Waals surface area contributed by atoms with Gasteiger partial charge in [-0.1, -0.05) is 17.7 Å². The maximum absolute atomic E-state index is 10.8. The van der Waals surface area contributed by atoms with Gasteiger partial charge < -0.3 is 5.73 Å². The molecule has 0 aliphatic heterocycles. The number of hydrogen-bond acceptors (Lipinski definition) is 1. The van der Waals surface area contributed by atoms with Crippen molar-refractivity contribution < 1.29 is 4.79 Å². The lowest BCUT2D eigenvalue weighted by Gasteiger charge is -2.00. The van der Waals surface area contributed by atoms with Crippen LogP contribution in [0.15, 0.2) is 24.3 Å². The van der Waals surface area contributed by atoms with Crippen LogP contribution in [-0.2, 0) is 11.2 Å². The van der Waals surface area contributed by atoms with Crippen molar-refractivity contribution in [1.29, 1.82) is 0 Å². The van der Waals surface area contributed by atoms with E-state index in [4.69, 9.17) is 17.3 Å². The Bertz CT molecular complexity index is 423. The van der Waals surface area contributed by atoms with E-state index < -0.39 is 0 Å². The molecule has 0 saturated heterocycles. The number of aryl methyl sites for hydroxylation is 1. The highest BCUT2D eigenvalue weighted by Gasteiger charge is 2.16. The van der Waals surface area contributed by atoms with E-state index in [9.17, 15) is 4.79 Å². The second kappa shape index (κ2) is 3.46. The number of fused-ring (bicyclic) bond motifs is 1. The van der Waals surface area contributed by atoms with Crippen molar-refractivity contribution in [1.82, 2.24) is 0 Å². The van der Waals surface area contributed by atoms with Gasteiger partial charge >= 0.3 is 0 Å². The molecular weight excluding hydrogens is 198 g/mol. The third-order valence-corrected chi connectivity index (χ3v) is 2.63. The summed E-state index contributed by atoms with van der Waals surface area (Å²) in [6.45, 7) is 0. The normalized spacial score (nSPS) is 17.1. The quantitative estimate of drug-likeness (QED) is 0.705. The van der Waals surface area contributed by atoms with Gasteiger partial charge in [-0.05, 0) is 41.7 Å². The third kappa shape index (κ3) is 1.66. The minimum atomic E-state index is -0.386. The zero-order chi connectivity index (χ0) is 10.1. The Morgan fingerprint density at radius 2 is 2.21 bits per heavy atom. The van der Waals surface area contributed by atoms with Gasteiger partial charge in [-0.3, -0.25) is 4.79 Å². The Morgan fingerprint density at radius 1 is 1.43 bits per heavy atom. The van der Waals surface area contributed by atoms with Crippen molar-refractivity contribution in [3.63, 3.8) is 0 Å². The lowest BCUT2D eigenvalue weighted by molar-refractivity contribution is -0.113. The van der Waals surface area contributed by atoms with E-state index in [-0.39, 0.29) is 5.91 Å². The molecule has 2 nitrogen and oxygen atoms in total. The minimum Gasteiger partial charge on any atom is -0.366 e. The smallest absolute Gasteiger partial charge is 0.241 e. The summed E-state index contributed by atoms with van der Waals surface area (Å²) in [7, 11) is 0. The molecule has 0 atom stereocenters. The number of carbonyl (C=O) groups excluding carboxylic acids is 1. The lowest BCUT2D eigenvalue weighted by Crippen LogP contribution is -2.06. The summed E-state index contributed by atoms with van der Waals surface area (Å²) in [6.07, 6.45) is 3.31. The van der Waals surface area contributed by atoms with Crippen LogP contribution in [-0.4, -0.2) is 5.91 Å². The van der Waals surface area contributed by atoms with Crippen LogP contribution in [0.4, 0.5) is 0 Å². The summed E-state index contributed by atoms with van der Waals surface area (Å²) in [4.78, 5) is 10.8. The number of nitrogens with two attached hydrogens (primary N) is 1. The van der Waals surface area contributed by atoms with Crippen molar-refractivity contribution in [2.24, 2.45) is 5.73 Å². The number of halogens is 1. The predicted octanol–water partition coefficient (Wildman–Crippen LogP) is 2.15. The van der Waals surface area contributed by atoms with Gasteiger partial charge in [0.15, 0.2) is 0 Å². The number of rotatable bonds is 1. The molecule has 2 N–H and O–H groups in total. The third-order valence-electron chi connectivity index (χ3n) is 2.39. The SMILES string of the molecule is NC(=O)/C=C1\CCc2cc(Cl)ccc21. The molecule has 1 aliphatic rings. The van der Waals surface area contributed by atoms with Crippen LogP contribution in [0.5, 0.6) is 0 Å². The van der Waals surface area contributed by atoms with Crippen molar-refractivity contribution in [3.8, 4) is 0 Å². The van der Waals surface area contributed by atoms with E-state index in [1.165, 1.54) is 11.6 Å². The predicted molar refractivity (Wildman–Crippen MR) is 56.9 cm³/mol. The standard InChI is InChI=1S/C11H10ClNO/c12-9-3-4-10-7(5-9)1-2-8(10)6-11(13)14/h3-6H,1-2H2,(H2,13,14)/b8-6+. The summed E-state index contributed by atoms with van der Waals surface area (Å²) in [5.74, 6) is -0.386. The van der Waals surface area contributed by atoms with Crippen molar-refractivity contribution in [2.45, 2.75) is 12.8 Å². The Hall–Kier alpha value is -1.28. The van der Waals surface area contributed by atoms with Crippen LogP contribution in [0.1, 0.15) is 17.5 Å². The van der Waals surface area contributed by atoms with E-state index in [0.717, 1.165) is 29.0 Å². The van der Waals surface area contributed by atoms with Gasteiger partial charge in [0.1, 0.15) is 0 Å². The molecule has 0 bridgehead atoms. The second-order valence-electron chi connectivity index (χ2n) is 3.37. The molecule has 0 aromatic heterocycles. The molecule has 0 saturated carbocycles. The average Bonchev–Trinajstić information content (AvgIpc) is 2.47. The molecule has 3 heteroatoms. The topological polar surface area (TPSA) is 43.1 Å². The number of amides is 1. The molecule has 1 aromatic rings. The van der Waals surface area contributed by atoms with Gasteiger partial charge in [-0.15, -0.1) is 0 Å². The van der Waals surface area contributed by atoms with Crippen molar-refractivity contribution in [2.75, 3.05) is 0 Å².